The number of carbonyl (C=O) groups excluding carboxylic acids is 2. The van der Waals surface area contributed by atoms with Crippen LogP contribution in [-0.4, -0.2) is 52.8 Å². The molecule has 0 atom stereocenters. The molecule has 0 aliphatic carbocycles. The fourth-order valence-electron chi connectivity index (χ4n) is 3.66. The van der Waals surface area contributed by atoms with E-state index in [4.69, 9.17) is 0 Å². The summed E-state index contributed by atoms with van der Waals surface area (Å²) >= 11 is 0. The number of benzene rings is 1. The van der Waals surface area contributed by atoms with Gasteiger partial charge in [-0.05, 0) is 67.6 Å². The monoisotopic (exact) mass is 365 g/mol. The van der Waals surface area contributed by atoms with E-state index >= 15 is 0 Å². The van der Waals surface area contributed by atoms with Crippen LogP contribution in [0.1, 0.15) is 38.2 Å². The van der Waals surface area contributed by atoms with Crippen molar-refractivity contribution < 1.29 is 9.59 Å². The molecule has 5 nitrogen and oxygen atoms in total. The lowest BCUT2D eigenvalue weighted by atomic mass is 9.92. The van der Waals surface area contributed by atoms with E-state index in [1.165, 1.54) is 22.3 Å². The number of aryl methyl sites for hydroxylation is 2. The summed E-state index contributed by atoms with van der Waals surface area (Å²) in [5.74, 6) is 0.146. The first-order valence-electron chi connectivity index (χ1n) is 9.42. The summed E-state index contributed by atoms with van der Waals surface area (Å²) in [6, 6.07) is 5.64. The highest BCUT2D eigenvalue weighted by Crippen LogP contribution is 2.23. The Bertz CT molecular complexity index is 827. The molecule has 1 saturated heterocycles. The van der Waals surface area contributed by atoms with Gasteiger partial charge in [0.2, 0.25) is 5.91 Å². The molecule has 0 unspecified atom stereocenters. The molecule has 1 aliphatic rings. The largest absolute Gasteiger partial charge is 0.339 e. The van der Waals surface area contributed by atoms with E-state index in [0.29, 0.717) is 38.2 Å². The average Bonchev–Trinajstić information content (AvgIpc) is 2.70. The van der Waals surface area contributed by atoms with Gasteiger partial charge in [-0.3, -0.25) is 14.6 Å². The second-order valence-electron chi connectivity index (χ2n) is 7.32. The van der Waals surface area contributed by atoms with E-state index in [0.717, 1.165) is 5.56 Å². The summed E-state index contributed by atoms with van der Waals surface area (Å²) < 4.78 is 0. The number of aromatic nitrogens is 1. The average molecular weight is 365 g/mol. The van der Waals surface area contributed by atoms with Gasteiger partial charge in [0.25, 0.3) is 5.91 Å². The van der Waals surface area contributed by atoms with Gasteiger partial charge < -0.3 is 9.80 Å². The highest BCUT2D eigenvalue weighted by molar-refractivity contribution is 5.94. The van der Waals surface area contributed by atoms with Crippen LogP contribution in [0.5, 0.6) is 0 Å². The van der Waals surface area contributed by atoms with Crippen LogP contribution in [0.25, 0.3) is 0 Å². The highest BCUT2D eigenvalue weighted by atomic mass is 16.2. The third kappa shape index (κ3) is 4.02. The Kier molecular flexibility index (Phi) is 5.59. The fourth-order valence-corrected chi connectivity index (χ4v) is 3.66. The number of hydrogen-bond donors (Lipinski definition) is 0. The molecule has 0 saturated carbocycles. The van der Waals surface area contributed by atoms with Crippen molar-refractivity contribution in [3.8, 4) is 0 Å². The molecule has 0 bridgehead atoms. The minimum Gasteiger partial charge on any atom is -0.339 e. The number of amides is 2. The summed E-state index contributed by atoms with van der Waals surface area (Å²) in [4.78, 5) is 33.0. The van der Waals surface area contributed by atoms with Gasteiger partial charge in [-0.15, -0.1) is 0 Å². The summed E-state index contributed by atoms with van der Waals surface area (Å²) in [6.07, 6.45) is 3.68. The van der Waals surface area contributed by atoms with Crippen molar-refractivity contribution in [3.05, 3.63) is 64.0 Å². The maximum atomic E-state index is 12.9. The molecule has 1 aromatic carbocycles. The maximum Gasteiger partial charge on any atom is 0.254 e. The van der Waals surface area contributed by atoms with Gasteiger partial charge >= 0.3 is 0 Å². The van der Waals surface area contributed by atoms with Gasteiger partial charge in [0, 0.05) is 44.1 Å². The minimum absolute atomic E-state index is 0.00509. The highest BCUT2D eigenvalue weighted by Gasteiger charge is 2.25. The van der Waals surface area contributed by atoms with Crippen molar-refractivity contribution in [1.29, 1.82) is 0 Å². The number of pyridine rings is 1. The molecule has 1 aromatic heterocycles. The van der Waals surface area contributed by atoms with E-state index < -0.39 is 0 Å². The third-order valence-electron chi connectivity index (χ3n) is 5.70. The molecule has 5 heteroatoms. The number of hydrogen-bond acceptors (Lipinski definition) is 3. The zero-order valence-corrected chi connectivity index (χ0v) is 16.6. The molecule has 142 valence electrons. The molecular weight excluding hydrogens is 338 g/mol. The Morgan fingerprint density at radius 2 is 1.41 bits per heavy atom. The lowest BCUT2D eigenvalue weighted by Crippen LogP contribution is -2.51. The SMILES string of the molecule is Cc1cc(C)c(C)c(CC(=O)N2CCN(C(=O)c3ccncc3)CC2)c1C. The predicted octanol–water partition coefficient (Wildman–Crippen LogP) is 2.84. The van der Waals surface area contributed by atoms with Crippen molar-refractivity contribution >= 4 is 11.8 Å². The van der Waals surface area contributed by atoms with Gasteiger partial charge in [0.1, 0.15) is 0 Å². The minimum atomic E-state index is 0.00509. The standard InChI is InChI=1S/C22H27N3O2/c1-15-13-16(2)18(4)20(17(15)3)14-21(26)24-9-11-25(12-10-24)22(27)19-5-7-23-8-6-19/h5-8,13H,9-12,14H2,1-4H3. The molecule has 27 heavy (non-hydrogen) atoms. The molecular formula is C22H27N3O2. The van der Waals surface area contributed by atoms with Crippen LogP contribution in [0, 0.1) is 27.7 Å². The van der Waals surface area contributed by atoms with Gasteiger partial charge in [0.05, 0.1) is 6.42 Å². The third-order valence-corrected chi connectivity index (χ3v) is 5.70. The molecule has 0 N–H and O–H groups in total. The van der Waals surface area contributed by atoms with Crippen LogP contribution in [0.2, 0.25) is 0 Å². The zero-order chi connectivity index (χ0) is 19.6. The van der Waals surface area contributed by atoms with Crippen LogP contribution in [0.3, 0.4) is 0 Å². The number of piperazine rings is 1. The molecule has 3 rings (SSSR count). The Balaban J connectivity index is 1.64. The normalized spacial score (nSPS) is 14.4. The topological polar surface area (TPSA) is 53.5 Å². The van der Waals surface area contributed by atoms with Gasteiger partial charge in [-0.25, -0.2) is 0 Å². The van der Waals surface area contributed by atoms with Crippen molar-refractivity contribution in [3.63, 3.8) is 0 Å². The van der Waals surface area contributed by atoms with Crippen molar-refractivity contribution in [2.45, 2.75) is 34.1 Å². The van der Waals surface area contributed by atoms with E-state index in [1.807, 2.05) is 9.80 Å². The fraction of sp³-hybridized carbons (Fsp3) is 0.409. The number of carbonyl (C=O) groups is 2. The molecule has 1 fully saturated rings. The van der Waals surface area contributed by atoms with E-state index in [9.17, 15) is 9.59 Å². The van der Waals surface area contributed by atoms with Crippen LogP contribution in [0.15, 0.2) is 30.6 Å². The van der Waals surface area contributed by atoms with Crippen LogP contribution < -0.4 is 0 Å². The van der Waals surface area contributed by atoms with Crippen molar-refractivity contribution in [2.75, 3.05) is 26.2 Å². The number of rotatable bonds is 3. The quantitative estimate of drug-likeness (QED) is 0.840. The summed E-state index contributed by atoms with van der Waals surface area (Å²) in [5, 5.41) is 0. The van der Waals surface area contributed by atoms with Crippen molar-refractivity contribution in [1.82, 2.24) is 14.8 Å². The zero-order valence-electron chi connectivity index (χ0n) is 16.6. The van der Waals surface area contributed by atoms with E-state index in [1.54, 1.807) is 24.5 Å². The molecule has 0 spiro atoms. The Morgan fingerprint density at radius 3 is 1.96 bits per heavy atom. The van der Waals surface area contributed by atoms with E-state index in [2.05, 4.69) is 38.7 Å². The maximum absolute atomic E-state index is 12.9. The van der Waals surface area contributed by atoms with Crippen LogP contribution >= 0.6 is 0 Å². The van der Waals surface area contributed by atoms with Crippen LogP contribution in [-0.2, 0) is 11.2 Å². The smallest absolute Gasteiger partial charge is 0.254 e. The predicted molar refractivity (Wildman–Crippen MR) is 106 cm³/mol. The molecule has 2 heterocycles. The first kappa shape index (κ1) is 19.1. The van der Waals surface area contributed by atoms with Gasteiger partial charge in [-0.2, -0.15) is 0 Å². The van der Waals surface area contributed by atoms with E-state index in [-0.39, 0.29) is 11.8 Å². The molecule has 2 aromatic rings. The molecule has 2 amide bonds. The Hall–Kier alpha value is -2.69. The molecule has 1 aliphatic heterocycles. The molecule has 0 radical (unpaired) electrons. The van der Waals surface area contributed by atoms with Crippen molar-refractivity contribution in [2.24, 2.45) is 0 Å². The Morgan fingerprint density at radius 1 is 0.889 bits per heavy atom. The second kappa shape index (κ2) is 7.91. The first-order valence-corrected chi connectivity index (χ1v) is 9.42. The van der Waals surface area contributed by atoms with Gasteiger partial charge in [-0.1, -0.05) is 6.07 Å². The summed E-state index contributed by atoms with van der Waals surface area (Å²) in [6.45, 7) is 10.7. The lowest BCUT2D eigenvalue weighted by Gasteiger charge is -2.35. The summed E-state index contributed by atoms with van der Waals surface area (Å²) in [5.41, 5.74) is 6.66. The first-order chi connectivity index (χ1) is 12.9. The lowest BCUT2D eigenvalue weighted by molar-refractivity contribution is -0.131. The van der Waals surface area contributed by atoms with Gasteiger partial charge in [0.15, 0.2) is 0 Å². The Labute approximate surface area is 161 Å². The second-order valence-corrected chi connectivity index (χ2v) is 7.32. The summed E-state index contributed by atoms with van der Waals surface area (Å²) in [7, 11) is 0. The number of nitrogens with zero attached hydrogens (tertiary/aromatic N) is 3. The van der Waals surface area contributed by atoms with Crippen LogP contribution in [0.4, 0.5) is 0 Å².